The van der Waals surface area contributed by atoms with Crippen LogP contribution in [0.15, 0.2) is 78.6 Å². The number of amides is 1. The highest BCUT2D eigenvalue weighted by molar-refractivity contribution is 6.46. The Hall–Kier alpha value is -3.93. The fraction of sp³-hybridized carbons (Fsp3) is 0.192. The molecule has 2 aromatic carbocycles. The van der Waals surface area contributed by atoms with Gasteiger partial charge in [0.1, 0.15) is 11.5 Å². The molecule has 3 aromatic rings. The Labute approximate surface area is 185 Å². The van der Waals surface area contributed by atoms with Crippen LogP contribution in [0.3, 0.4) is 0 Å². The second-order valence-corrected chi connectivity index (χ2v) is 7.97. The van der Waals surface area contributed by atoms with Crippen molar-refractivity contribution in [3.05, 3.63) is 101 Å². The molecular formula is C26H22N2O4. The summed E-state index contributed by atoms with van der Waals surface area (Å²) in [6, 6.07) is 17.7. The molecule has 160 valence electrons. The van der Waals surface area contributed by atoms with E-state index >= 15 is 0 Å². The summed E-state index contributed by atoms with van der Waals surface area (Å²) in [6.45, 7) is 0.911. The largest absolute Gasteiger partial charge is 0.507 e. The number of hydrogen-bond acceptors (Lipinski definition) is 5. The minimum atomic E-state index is -0.684. The van der Waals surface area contributed by atoms with Gasteiger partial charge in [0.2, 0.25) is 0 Å². The molecule has 2 aliphatic rings. The number of rotatable bonds is 4. The summed E-state index contributed by atoms with van der Waals surface area (Å²) in [4.78, 5) is 31.7. The highest BCUT2D eigenvalue weighted by atomic mass is 16.5. The molecule has 5 rings (SSSR count). The summed E-state index contributed by atoms with van der Waals surface area (Å²) in [7, 11) is 0. The van der Waals surface area contributed by atoms with Crippen molar-refractivity contribution in [2.75, 3.05) is 6.61 Å². The SMILES string of the molecule is O=C1C(=O)N(Cc2ccncc2)C(c2ccccc2)/C1=C(/O)c1ccc2c(c1)CCCO2. The average molecular weight is 426 g/mol. The molecule has 1 fully saturated rings. The van der Waals surface area contributed by atoms with Crippen molar-refractivity contribution in [2.45, 2.75) is 25.4 Å². The normalized spacial score (nSPS) is 19.5. The Bertz CT molecular complexity index is 1210. The lowest BCUT2D eigenvalue weighted by molar-refractivity contribution is -0.140. The van der Waals surface area contributed by atoms with E-state index in [9.17, 15) is 14.7 Å². The first-order valence-electron chi connectivity index (χ1n) is 10.6. The Morgan fingerprint density at radius 2 is 1.84 bits per heavy atom. The minimum absolute atomic E-state index is 0.104. The number of aliphatic hydroxyl groups excluding tert-OH is 1. The fourth-order valence-electron chi connectivity index (χ4n) is 4.37. The number of aliphatic hydroxyl groups is 1. The third kappa shape index (κ3) is 3.54. The summed E-state index contributed by atoms with van der Waals surface area (Å²) >= 11 is 0. The van der Waals surface area contributed by atoms with Gasteiger partial charge in [-0.1, -0.05) is 30.3 Å². The molecule has 1 aromatic heterocycles. The predicted octanol–water partition coefficient (Wildman–Crippen LogP) is 4.03. The first-order chi connectivity index (χ1) is 15.6. The number of benzene rings is 2. The summed E-state index contributed by atoms with van der Waals surface area (Å²) in [5.74, 6) is -0.675. The Morgan fingerprint density at radius 1 is 1.06 bits per heavy atom. The van der Waals surface area contributed by atoms with Crippen LogP contribution in [0, 0.1) is 0 Å². The van der Waals surface area contributed by atoms with Gasteiger partial charge >= 0.3 is 0 Å². The molecule has 0 saturated carbocycles. The maximum Gasteiger partial charge on any atom is 0.295 e. The van der Waals surface area contributed by atoms with Gasteiger partial charge in [-0.3, -0.25) is 14.6 Å². The minimum Gasteiger partial charge on any atom is -0.507 e. The van der Waals surface area contributed by atoms with Crippen LogP contribution in [0.5, 0.6) is 5.75 Å². The number of carbonyl (C=O) groups excluding carboxylic acids is 2. The monoisotopic (exact) mass is 426 g/mol. The molecule has 0 aliphatic carbocycles. The first-order valence-corrected chi connectivity index (χ1v) is 10.6. The van der Waals surface area contributed by atoms with Crippen LogP contribution >= 0.6 is 0 Å². The lowest BCUT2D eigenvalue weighted by atomic mass is 9.94. The number of carbonyl (C=O) groups is 2. The van der Waals surface area contributed by atoms with Crippen molar-refractivity contribution in [2.24, 2.45) is 0 Å². The van der Waals surface area contributed by atoms with Crippen molar-refractivity contribution in [3.8, 4) is 5.75 Å². The smallest absolute Gasteiger partial charge is 0.295 e. The maximum absolute atomic E-state index is 13.1. The summed E-state index contributed by atoms with van der Waals surface area (Å²) < 4.78 is 5.66. The quantitative estimate of drug-likeness (QED) is 0.387. The van der Waals surface area contributed by atoms with Gasteiger partial charge in [-0.2, -0.15) is 0 Å². The number of Topliss-reactive ketones (excluding diaryl/α,β-unsaturated/α-hetero) is 1. The molecule has 0 radical (unpaired) electrons. The van der Waals surface area contributed by atoms with E-state index in [-0.39, 0.29) is 17.9 Å². The van der Waals surface area contributed by atoms with E-state index < -0.39 is 17.7 Å². The molecule has 1 saturated heterocycles. The second-order valence-electron chi connectivity index (χ2n) is 7.97. The van der Waals surface area contributed by atoms with Gasteiger partial charge in [0.05, 0.1) is 18.2 Å². The van der Waals surface area contributed by atoms with E-state index in [1.54, 1.807) is 18.5 Å². The van der Waals surface area contributed by atoms with Crippen molar-refractivity contribution in [1.29, 1.82) is 0 Å². The van der Waals surface area contributed by atoms with Gasteiger partial charge in [0, 0.05) is 24.5 Å². The number of likely N-dealkylation sites (tertiary alicyclic amines) is 1. The number of ether oxygens (including phenoxy) is 1. The molecule has 3 heterocycles. The fourth-order valence-corrected chi connectivity index (χ4v) is 4.37. The van der Waals surface area contributed by atoms with Crippen molar-refractivity contribution >= 4 is 17.4 Å². The van der Waals surface area contributed by atoms with Crippen LogP contribution in [-0.2, 0) is 22.6 Å². The van der Waals surface area contributed by atoms with Crippen molar-refractivity contribution in [1.82, 2.24) is 9.88 Å². The van der Waals surface area contributed by atoms with Gasteiger partial charge in [0.15, 0.2) is 0 Å². The van der Waals surface area contributed by atoms with Crippen LogP contribution in [-0.4, -0.2) is 33.3 Å². The second kappa shape index (κ2) is 8.30. The number of aryl methyl sites for hydroxylation is 1. The Morgan fingerprint density at radius 3 is 2.62 bits per heavy atom. The van der Waals surface area contributed by atoms with Gasteiger partial charge in [0.25, 0.3) is 11.7 Å². The maximum atomic E-state index is 13.1. The summed E-state index contributed by atoms with van der Waals surface area (Å²) in [5.41, 5.74) is 3.23. The van der Waals surface area contributed by atoms with Crippen LogP contribution in [0.25, 0.3) is 5.76 Å². The number of nitrogens with zero attached hydrogens (tertiary/aromatic N) is 2. The lowest BCUT2D eigenvalue weighted by Gasteiger charge is -2.25. The van der Waals surface area contributed by atoms with Gasteiger partial charge in [-0.05, 0) is 59.9 Å². The zero-order valence-electron chi connectivity index (χ0n) is 17.4. The zero-order chi connectivity index (χ0) is 22.1. The highest BCUT2D eigenvalue weighted by Crippen LogP contribution is 2.40. The van der Waals surface area contributed by atoms with Crippen LogP contribution in [0.4, 0.5) is 0 Å². The van der Waals surface area contributed by atoms with E-state index in [1.807, 2.05) is 54.6 Å². The lowest BCUT2D eigenvalue weighted by Crippen LogP contribution is -2.29. The molecule has 6 heteroatoms. The van der Waals surface area contributed by atoms with Gasteiger partial charge in [-0.25, -0.2) is 0 Å². The molecule has 2 aliphatic heterocycles. The molecule has 1 amide bonds. The first kappa shape index (κ1) is 20.0. The van der Waals surface area contributed by atoms with E-state index in [0.717, 1.165) is 35.3 Å². The topological polar surface area (TPSA) is 79.7 Å². The van der Waals surface area contributed by atoms with E-state index in [4.69, 9.17) is 4.74 Å². The standard InChI is InChI=1S/C26H22N2O4/c29-24(20-8-9-21-19(15-20)7-4-14-32-21)22-23(18-5-2-1-3-6-18)28(26(31)25(22)30)16-17-10-12-27-13-11-17/h1-3,5-6,8-13,15,23,29H,4,7,14,16H2/b24-22-. The average Bonchev–Trinajstić information content (AvgIpc) is 3.09. The number of fused-ring (bicyclic) bond motifs is 1. The van der Waals surface area contributed by atoms with Crippen molar-refractivity contribution in [3.63, 3.8) is 0 Å². The Balaban J connectivity index is 1.62. The number of aromatic nitrogens is 1. The molecule has 0 spiro atoms. The van der Waals surface area contributed by atoms with Gasteiger partial charge < -0.3 is 14.7 Å². The molecule has 0 bridgehead atoms. The van der Waals surface area contributed by atoms with E-state index in [1.165, 1.54) is 4.90 Å². The predicted molar refractivity (Wildman–Crippen MR) is 119 cm³/mol. The van der Waals surface area contributed by atoms with E-state index in [0.29, 0.717) is 12.2 Å². The van der Waals surface area contributed by atoms with Crippen molar-refractivity contribution < 1.29 is 19.4 Å². The van der Waals surface area contributed by atoms with Crippen LogP contribution in [0.1, 0.15) is 34.7 Å². The number of hydrogen-bond donors (Lipinski definition) is 1. The number of pyridine rings is 1. The Kier molecular flexibility index (Phi) is 5.19. The molecule has 1 unspecified atom stereocenters. The van der Waals surface area contributed by atoms with Gasteiger partial charge in [-0.15, -0.1) is 0 Å². The van der Waals surface area contributed by atoms with Crippen LogP contribution in [0.2, 0.25) is 0 Å². The molecule has 1 N–H and O–H groups in total. The highest BCUT2D eigenvalue weighted by Gasteiger charge is 2.46. The number of ketones is 1. The molecule has 6 nitrogen and oxygen atoms in total. The van der Waals surface area contributed by atoms with E-state index in [2.05, 4.69) is 4.98 Å². The molecule has 1 atom stereocenters. The summed E-state index contributed by atoms with van der Waals surface area (Å²) in [5, 5.41) is 11.3. The van der Waals surface area contributed by atoms with Crippen LogP contribution < -0.4 is 4.74 Å². The summed E-state index contributed by atoms with van der Waals surface area (Å²) in [6.07, 6.45) is 5.05. The molecular weight excluding hydrogens is 404 g/mol. The third-order valence-electron chi connectivity index (χ3n) is 5.94. The molecule has 32 heavy (non-hydrogen) atoms. The third-order valence-corrected chi connectivity index (χ3v) is 5.94. The zero-order valence-corrected chi connectivity index (χ0v) is 17.4.